The van der Waals surface area contributed by atoms with Crippen LogP contribution < -0.4 is 10.6 Å². The van der Waals surface area contributed by atoms with E-state index in [1.165, 1.54) is 6.07 Å². The highest BCUT2D eigenvalue weighted by molar-refractivity contribution is 5.91. The zero-order valence-electron chi connectivity index (χ0n) is 10.2. The van der Waals surface area contributed by atoms with Gasteiger partial charge < -0.3 is 10.6 Å². The fraction of sp³-hybridized carbons (Fsp3) is 0.417. The van der Waals surface area contributed by atoms with Gasteiger partial charge >= 0.3 is 5.69 Å². The molecule has 0 aliphatic carbocycles. The van der Waals surface area contributed by atoms with E-state index in [0.29, 0.717) is 12.3 Å². The van der Waals surface area contributed by atoms with Gasteiger partial charge in [0, 0.05) is 24.2 Å². The molecule has 1 unspecified atom stereocenters. The van der Waals surface area contributed by atoms with Crippen LogP contribution in [-0.4, -0.2) is 23.9 Å². The molecule has 0 saturated carbocycles. The van der Waals surface area contributed by atoms with Gasteiger partial charge in [-0.05, 0) is 31.5 Å². The molecule has 2 N–H and O–H groups in total. The molecule has 6 nitrogen and oxygen atoms in total. The van der Waals surface area contributed by atoms with Gasteiger partial charge in [-0.3, -0.25) is 14.9 Å². The van der Waals surface area contributed by atoms with E-state index < -0.39 is 16.4 Å². The van der Waals surface area contributed by atoms with Gasteiger partial charge in [-0.25, -0.2) is 0 Å². The summed E-state index contributed by atoms with van der Waals surface area (Å²) in [5.74, 6) is -0.866. The number of hydrogen-bond donors (Lipinski definition) is 2. The zero-order valence-corrected chi connectivity index (χ0v) is 10.2. The number of nitrogens with zero attached hydrogens (tertiary/aromatic N) is 1. The molecule has 1 aromatic rings. The van der Waals surface area contributed by atoms with Crippen molar-refractivity contribution >= 4 is 17.3 Å². The third-order valence-corrected chi connectivity index (χ3v) is 3.06. The Morgan fingerprint density at radius 2 is 2.37 bits per heavy atom. The Labute approximate surface area is 109 Å². The average molecular weight is 267 g/mol. The number of amides is 1. The lowest BCUT2D eigenvalue weighted by molar-refractivity contribution is -0.387. The third kappa shape index (κ3) is 3.47. The maximum atomic E-state index is 13.4. The molecule has 1 aliphatic rings. The van der Waals surface area contributed by atoms with Crippen LogP contribution >= 0.6 is 0 Å². The first kappa shape index (κ1) is 13.4. The molecule has 0 bridgehead atoms. The molecule has 1 heterocycles. The SMILES string of the molecule is O=C(CC1CCNC1)Nc1ccc([N+](=O)[O-])c(F)c1. The van der Waals surface area contributed by atoms with E-state index >= 15 is 0 Å². The second kappa shape index (κ2) is 5.75. The Bertz CT molecular complexity index is 501. The smallest absolute Gasteiger partial charge is 0.304 e. The molecule has 7 heteroatoms. The molecule has 1 aromatic carbocycles. The fourth-order valence-corrected chi connectivity index (χ4v) is 2.10. The first-order chi connectivity index (χ1) is 9.06. The number of anilines is 1. The van der Waals surface area contributed by atoms with Gasteiger partial charge in [0.25, 0.3) is 0 Å². The van der Waals surface area contributed by atoms with Crippen molar-refractivity contribution < 1.29 is 14.1 Å². The minimum Gasteiger partial charge on any atom is -0.326 e. The molecule has 1 aliphatic heterocycles. The molecular weight excluding hydrogens is 253 g/mol. The number of nitro groups is 1. The second-order valence-electron chi connectivity index (χ2n) is 4.53. The summed E-state index contributed by atoms with van der Waals surface area (Å²) in [6, 6.07) is 3.33. The van der Waals surface area contributed by atoms with Gasteiger partial charge in [-0.15, -0.1) is 0 Å². The number of carbonyl (C=O) groups excluding carboxylic acids is 1. The number of benzene rings is 1. The lowest BCUT2D eigenvalue weighted by Crippen LogP contribution is -2.18. The summed E-state index contributed by atoms with van der Waals surface area (Å²) in [5, 5.41) is 16.2. The van der Waals surface area contributed by atoms with Gasteiger partial charge in [0.1, 0.15) is 0 Å². The molecule has 102 valence electrons. The van der Waals surface area contributed by atoms with Crippen molar-refractivity contribution in [1.29, 1.82) is 0 Å². The van der Waals surface area contributed by atoms with Crippen LogP contribution in [0.4, 0.5) is 15.8 Å². The van der Waals surface area contributed by atoms with Crippen LogP contribution in [0.1, 0.15) is 12.8 Å². The molecule has 1 saturated heterocycles. The van der Waals surface area contributed by atoms with E-state index in [4.69, 9.17) is 0 Å². The molecule has 1 atom stereocenters. The monoisotopic (exact) mass is 267 g/mol. The van der Waals surface area contributed by atoms with Gasteiger partial charge in [0.05, 0.1) is 4.92 Å². The number of carbonyl (C=O) groups is 1. The molecule has 1 amide bonds. The first-order valence-corrected chi connectivity index (χ1v) is 6.01. The first-order valence-electron chi connectivity index (χ1n) is 6.01. The third-order valence-electron chi connectivity index (χ3n) is 3.06. The lowest BCUT2D eigenvalue weighted by Gasteiger charge is -2.09. The summed E-state index contributed by atoms with van der Waals surface area (Å²) >= 11 is 0. The zero-order chi connectivity index (χ0) is 13.8. The van der Waals surface area contributed by atoms with Gasteiger partial charge in [-0.2, -0.15) is 4.39 Å². The van der Waals surface area contributed by atoms with E-state index in [2.05, 4.69) is 10.6 Å². The Kier molecular flexibility index (Phi) is 4.06. The minimum absolute atomic E-state index is 0.207. The van der Waals surface area contributed by atoms with Crippen LogP contribution in [0.3, 0.4) is 0 Å². The van der Waals surface area contributed by atoms with E-state index in [0.717, 1.165) is 31.6 Å². The summed E-state index contributed by atoms with van der Waals surface area (Å²) in [5.41, 5.74) is -0.364. The average Bonchev–Trinajstić information content (AvgIpc) is 2.81. The van der Waals surface area contributed by atoms with Crippen LogP contribution in [0.2, 0.25) is 0 Å². The van der Waals surface area contributed by atoms with E-state index in [-0.39, 0.29) is 11.6 Å². The summed E-state index contributed by atoms with van der Waals surface area (Å²) in [7, 11) is 0. The standard InChI is InChI=1S/C12H14FN3O3/c13-10-6-9(1-2-11(10)16(18)19)15-12(17)5-8-3-4-14-7-8/h1-2,6,8,14H,3-5,7H2,(H,15,17). The summed E-state index contributed by atoms with van der Waals surface area (Å²) < 4.78 is 13.4. The van der Waals surface area contributed by atoms with Gasteiger partial charge in [-0.1, -0.05) is 0 Å². The van der Waals surface area contributed by atoms with Crippen molar-refractivity contribution in [2.24, 2.45) is 5.92 Å². The van der Waals surface area contributed by atoms with E-state index in [1.807, 2.05) is 0 Å². The predicted octanol–water partition coefficient (Wildman–Crippen LogP) is 1.67. The van der Waals surface area contributed by atoms with Crippen LogP contribution in [0, 0.1) is 21.8 Å². The van der Waals surface area contributed by atoms with Crippen molar-refractivity contribution in [3.8, 4) is 0 Å². The van der Waals surface area contributed by atoms with Crippen molar-refractivity contribution in [2.45, 2.75) is 12.8 Å². The number of rotatable bonds is 4. The topological polar surface area (TPSA) is 84.3 Å². The Hall–Kier alpha value is -2.02. The quantitative estimate of drug-likeness (QED) is 0.642. The van der Waals surface area contributed by atoms with Crippen LogP contribution in [-0.2, 0) is 4.79 Å². The summed E-state index contributed by atoms with van der Waals surface area (Å²) in [6.07, 6.45) is 1.31. The number of hydrogen-bond acceptors (Lipinski definition) is 4. The summed E-state index contributed by atoms with van der Waals surface area (Å²) in [6.45, 7) is 1.71. The Morgan fingerprint density at radius 3 is 2.95 bits per heavy atom. The molecular formula is C12H14FN3O3. The van der Waals surface area contributed by atoms with Crippen LogP contribution in [0.25, 0.3) is 0 Å². The normalized spacial score (nSPS) is 18.3. The maximum absolute atomic E-state index is 13.4. The highest BCUT2D eigenvalue weighted by Gasteiger charge is 2.19. The molecule has 0 radical (unpaired) electrons. The minimum atomic E-state index is -0.953. The predicted molar refractivity (Wildman–Crippen MR) is 67.3 cm³/mol. The maximum Gasteiger partial charge on any atom is 0.304 e. The fourth-order valence-electron chi connectivity index (χ4n) is 2.10. The van der Waals surface area contributed by atoms with Crippen molar-refractivity contribution in [3.63, 3.8) is 0 Å². The molecule has 1 fully saturated rings. The largest absolute Gasteiger partial charge is 0.326 e. The summed E-state index contributed by atoms with van der Waals surface area (Å²) in [4.78, 5) is 21.4. The molecule has 0 spiro atoms. The van der Waals surface area contributed by atoms with E-state index in [1.54, 1.807) is 0 Å². The van der Waals surface area contributed by atoms with Crippen molar-refractivity contribution in [3.05, 3.63) is 34.1 Å². The highest BCUT2D eigenvalue weighted by Crippen LogP contribution is 2.21. The highest BCUT2D eigenvalue weighted by atomic mass is 19.1. The number of nitrogens with one attached hydrogen (secondary N) is 2. The second-order valence-corrected chi connectivity index (χ2v) is 4.53. The molecule has 2 rings (SSSR count). The molecule has 0 aromatic heterocycles. The van der Waals surface area contributed by atoms with Crippen molar-refractivity contribution in [1.82, 2.24) is 5.32 Å². The van der Waals surface area contributed by atoms with Gasteiger partial charge in [0.2, 0.25) is 11.7 Å². The van der Waals surface area contributed by atoms with Crippen LogP contribution in [0.15, 0.2) is 18.2 Å². The Balaban J connectivity index is 1.96. The Morgan fingerprint density at radius 1 is 1.58 bits per heavy atom. The number of halogens is 1. The molecule has 19 heavy (non-hydrogen) atoms. The van der Waals surface area contributed by atoms with Gasteiger partial charge in [0.15, 0.2) is 0 Å². The van der Waals surface area contributed by atoms with Crippen molar-refractivity contribution in [2.75, 3.05) is 18.4 Å². The number of nitro benzene ring substituents is 1. The van der Waals surface area contributed by atoms with E-state index in [9.17, 15) is 19.3 Å². The lowest BCUT2D eigenvalue weighted by atomic mass is 10.0. The van der Waals surface area contributed by atoms with Crippen LogP contribution in [0.5, 0.6) is 0 Å².